The zero-order valence-corrected chi connectivity index (χ0v) is 17.5. The van der Waals surface area contributed by atoms with Crippen molar-refractivity contribution >= 4 is 28.4 Å². The molecule has 4 rings (SSSR count). The van der Waals surface area contributed by atoms with E-state index in [1.165, 1.54) is 15.8 Å². The lowest BCUT2D eigenvalue weighted by Crippen LogP contribution is -2.31. The van der Waals surface area contributed by atoms with E-state index in [-0.39, 0.29) is 18.1 Å². The van der Waals surface area contributed by atoms with Gasteiger partial charge in [0.25, 0.3) is 5.91 Å². The highest BCUT2D eigenvalue weighted by Crippen LogP contribution is 2.27. The monoisotopic (exact) mass is 414 g/mol. The lowest BCUT2D eigenvalue weighted by molar-refractivity contribution is -0.118. The SMILES string of the molecule is Cc1ccc2nc(-c3ccc(N(C)C(=O)c4ccnn4CC(N)=O)c(C)c3)ncc2c1. The number of anilines is 1. The summed E-state index contributed by atoms with van der Waals surface area (Å²) in [6.45, 7) is 3.81. The third-order valence-electron chi connectivity index (χ3n) is 5.10. The first-order valence-corrected chi connectivity index (χ1v) is 9.76. The summed E-state index contributed by atoms with van der Waals surface area (Å²) in [6.07, 6.45) is 3.29. The first kappa shape index (κ1) is 20.2. The van der Waals surface area contributed by atoms with Gasteiger partial charge in [0.05, 0.1) is 5.52 Å². The minimum atomic E-state index is -0.563. The van der Waals surface area contributed by atoms with Gasteiger partial charge in [0.1, 0.15) is 12.2 Å². The molecule has 156 valence electrons. The molecule has 2 aromatic heterocycles. The lowest BCUT2D eigenvalue weighted by atomic mass is 10.1. The predicted octanol–water partition coefficient (Wildman–Crippen LogP) is 2.87. The number of hydrogen-bond acceptors (Lipinski definition) is 5. The second kappa shape index (κ2) is 7.98. The number of primary amides is 1. The van der Waals surface area contributed by atoms with Crippen molar-refractivity contribution in [3.05, 3.63) is 71.7 Å². The molecule has 2 heterocycles. The number of benzene rings is 2. The smallest absolute Gasteiger partial charge is 0.276 e. The number of aryl methyl sites for hydroxylation is 2. The fraction of sp³-hybridized carbons (Fsp3) is 0.174. The third kappa shape index (κ3) is 4.00. The molecule has 2 N–H and O–H groups in total. The van der Waals surface area contributed by atoms with Crippen LogP contribution in [-0.2, 0) is 11.3 Å². The minimum Gasteiger partial charge on any atom is -0.368 e. The van der Waals surface area contributed by atoms with Gasteiger partial charge in [0.15, 0.2) is 5.82 Å². The highest BCUT2D eigenvalue weighted by atomic mass is 16.2. The van der Waals surface area contributed by atoms with Crippen LogP contribution in [0.1, 0.15) is 21.6 Å². The Morgan fingerprint density at radius 2 is 1.90 bits per heavy atom. The Labute approximate surface area is 179 Å². The average Bonchev–Trinajstić information content (AvgIpc) is 3.19. The van der Waals surface area contributed by atoms with Crippen molar-refractivity contribution in [2.75, 3.05) is 11.9 Å². The van der Waals surface area contributed by atoms with E-state index in [9.17, 15) is 9.59 Å². The van der Waals surface area contributed by atoms with Crippen LogP contribution in [0, 0.1) is 13.8 Å². The Morgan fingerprint density at radius 3 is 2.65 bits per heavy atom. The largest absolute Gasteiger partial charge is 0.368 e. The molecule has 0 aliphatic rings. The zero-order valence-electron chi connectivity index (χ0n) is 17.5. The summed E-state index contributed by atoms with van der Waals surface area (Å²) in [5.41, 5.74) is 10.1. The molecule has 0 saturated heterocycles. The van der Waals surface area contributed by atoms with Crippen molar-refractivity contribution in [3.8, 4) is 11.4 Å². The summed E-state index contributed by atoms with van der Waals surface area (Å²) in [6, 6.07) is 13.3. The van der Waals surface area contributed by atoms with Crippen LogP contribution in [0.5, 0.6) is 0 Å². The molecule has 0 saturated carbocycles. The molecule has 0 aliphatic heterocycles. The van der Waals surface area contributed by atoms with Crippen LogP contribution in [0.3, 0.4) is 0 Å². The number of carbonyl (C=O) groups excluding carboxylic acids is 2. The maximum absolute atomic E-state index is 13.0. The number of fused-ring (bicyclic) bond motifs is 1. The Balaban J connectivity index is 1.63. The second-order valence-electron chi connectivity index (χ2n) is 7.46. The molecule has 0 spiro atoms. The van der Waals surface area contributed by atoms with Gasteiger partial charge in [-0.05, 0) is 55.8 Å². The Bertz CT molecular complexity index is 1310. The van der Waals surface area contributed by atoms with Crippen molar-refractivity contribution in [2.45, 2.75) is 20.4 Å². The Morgan fingerprint density at radius 1 is 1.10 bits per heavy atom. The summed E-state index contributed by atoms with van der Waals surface area (Å²) < 4.78 is 1.30. The van der Waals surface area contributed by atoms with Crippen molar-refractivity contribution in [1.29, 1.82) is 0 Å². The summed E-state index contributed by atoms with van der Waals surface area (Å²) in [4.78, 5) is 34.9. The average molecular weight is 414 g/mol. The zero-order chi connectivity index (χ0) is 22.1. The number of nitrogens with two attached hydrogens (primary N) is 1. The van der Waals surface area contributed by atoms with Crippen LogP contribution in [0.4, 0.5) is 5.69 Å². The predicted molar refractivity (Wildman–Crippen MR) is 119 cm³/mol. The third-order valence-corrected chi connectivity index (χ3v) is 5.10. The topological polar surface area (TPSA) is 107 Å². The van der Waals surface area contributed by atoms with Gasteiger partial charge in [-0.15, -0.1) is 0 Å². The molecule has 31 heavy (non-hydrogen) atoms. The fourth-order valence-electron chi connectivity index (χ4n) is 3.53. The summed E-state index contributed by atoms with van der Waals surface area (Å²) >= 11 is 0. The molecule has 0 atom stereocenters. The van der Waals surface area contributed by atoms with E-state index in [1.807, 2.05) is 50.4 Å². The number of amides is 2. The molecule has 4 aromatic rings. The molecule has 0 radical (unpaired) electrons. The van der Waals surface area contributed by atoms with Gasteiger partial charge in [-0.2, -0.15) is 5.10 Å². The molecule has 2 amide bonds. The number of nitrogens with zero attached hydrogens (tertiary/aromatic N) is 5. The summed E-state index contributed by atoms with van der Waals surface area (Å²) in [5, 5.41) is 5.01. The maximum atomic E-state index is 13.0. The van der Waals surface area contributed by atoms with Crippen molar-refractivity contribution in [2.24, 2.45) is 5.73 Å². The first-order valence-electron chi connectivity index (χ1n) is 9.76. The normalized spacial score (nSPS) is 10.9. The molecule has 0 aliphatic carbocycles. The number of hydrogen-bond donors (Lipinski definition) is 1. The molecule has 8 nitrogen and oxygen atoms in total. The van der Waals surface area contributed by atoms with Crippen LogP contribution in [-0.4, -0.2) is 38.6 Å². The summed E-state index contributed by atoms with van der Waals surface area (Å²) in [5.74, 6) is -0.224. The molecule has 8 heteroatoms. The van der Waals surface area contributed by atoms with E-state index in [0.29, 0.717) is 5.82 Å². The molecular formula is C23H22N6O2. The van der Waals surface area contributed by atoms with E-state index >= 15 is 0 Å². The van der Waals surface area contributed by atoms with E-state index in [1.54, 1.807) is 13.1 Å². The highest BCUT2D eigenvalue weighted by Gasteiger charge is 2.20. The quantitative estimate of drug-likeness (QED) is 0.540. The van der Waals surface area contributed by atoms with Crippen LogP contribution in [0.2, 0.25) is 0 Å². The van der Waals surface area contributed by atoms with E-state index in [2.05, 4.69) is 21.1 Å². The van der Waals surface area contributed by atoms with Crippen LogP contribution >= 0.6 is 0 Å². The van der Waals surface area contributed by atoms with Crippen molar-refractivity contribution in [3.63, 3.8) is 0 Å². The van der Waals surface area contributed by atoms with E-state index < -0.39 is 5.91 Å². The Hall–Kier alpha value is -4.07. The van der Waals surface area contributed by atoms with E-state index in [4.69, 9.17) is 5.73 Å². The minimum absolute atomic E-state index is 0.154. The fourth-order valence-corrected chi connectivity index (χ4v) is 3.53. The van der Waals surface area contributed by atoms with Crippen molar-refractivity contribution < 1.29 is 9.59 Å². The van der Waals surface area contributed by atoms with Gasteiger partial charge in [-0.3, -0.25) is 14.3 Å². The molecule has 0 fully saturated rings. The van der Waals surface area contributed by atoms with Crippen LogP contribution in [0.25, 0.3) is 22.3 Å². The van der Waals surface area contributed by atoms with Gasteiger partial charge in [0.2, 0.25) is 5.91 Å². The van der Waals surface area contributed by atoms with Gasteiger partial charge in [-0.1, -0.05) is 11.6 Å². The highest BCUT2D eigenvalue weighted by molar-refractivity contribution is 6.05. The van der Waals surface area contributed by atoms with Gasteiger partial charge < -0.3 is 10.6 Å². The lowest BCUT2D eigenvalue weighted by Gasteiger charge is -2.20. The number of aromatic nitrogens is 4. The summed E-state index contributed by atoms with van der Waals surface area (Å²) in [7, 11) is 1.68. The van der Waals surface area contributed by atoms with Gasteiger partial charge in [0, 0.05) is 36.1 Å². The van der Waals surface area contributed by atoms with E-state index in [0.717, 1.165) is 33.3 Å². The Kier molecular flexibility index (Phi) is 5.21. The van der Waals surface area contributed by atoms with Gasteiger partial charge >= 0.3 is 0 Å². The van der Waals surface area contributed by atoms with Crippen LogP contribution < -0.4 is 10.6 Å². The standard InChI is InChI=1S/C23H22N6O2/c1-14-4-6-18-17(10-14)12-25-22(27-18)16-5-7-19(15(2)11-16)28(3)23(31)20-8-9-26-29(20)13-21(24)30/h4-12H,13H2,1-3H3,(H2,24,30). The van der Waals surface area contributed by atoms with Crippen LogP contribution in [0.15, 0.2) is 54.9 Å². The van der Waals surface area contributed by atoms with Gasteiger partial charge in [-0.25, -0.2) is 9.97 Å². The first-order chi connectivity index (χ1) is 14.8. The second-order valence-corrected chi connectivity index (χ2v) is 7.46. The number of carbonyl (C=O) groups is 2. The molecule has 0 bridgehead atoms. The number of rotatable bonds is 5. The molecular weight excluding hydrogens is 392 g/mol. The molecule has 2 aromatic carbocycles. The molecule has 0 unspecified atom stereocenters. The van der Waals surface area contributed by atoms with Crippen molar-refractivity contribution in [1.82, 2.24) is 19.7 Å². The maximum Gasteiger partial charge on any atom is 0.276 e.